The summed E-state index contributed by atoms with van der Waals surface area (Å²) in [5, 5.41) is 0. The van der Waals surface area contributed by atoms with Crippen molar-refractivity contribution < 1.29 is 9.59 Å². The Bertz CT molecular complexity index is 747. The number of hydrogen-bond acceptors (Lipinski definition) is 4. The number of piperidine rings is 1. The predicted molar refractivity (Wildman–Crippen MR) is 93.1 cm³/mol. The van der Waals surface area contributed by atoms with Gasteiger partial charge in [-0.05, 0) is 33.6 Å². The van der Waals surface area contributed by atoms with Gasteiger partial charge in [0.15, 0.2) is 0 Å². The highest BCUT2D eigenvalue weighted by molar-refractivity contribution is 5.91. The molecule has 7 nitrogen and oxygen atoms in total. The Morgan fingerprint density at radius 2 is 1.92 bits per heavy atom. The molecular formula is C18H26N4O3. The largest absolute Gasteiger partial charge is 0.342 e. The summed E-state index contributed by atoms with van der Waals surface area (Å²) in [4.78, 5) is 47.2. The fraction of sp³-hybridized carbons (Fsp3) is 0.667. The topological polar surface area (TPSA) is 86.4 Å². The number of nitrogens with zero attached hydrogens (tertiary/aromatic N) is 3. The summed E-state index contributed by atoms with van der Waals surface area (Å²) >= 11 is 0. The maximum absolute atomic E-state index is 12.9. The average molecular weight is 346 g/mol. The van der Waals surface area contributed by atoms with Gasteiger partial charge in [0.25, 0.3) is 5.56 Å². The molecule has 1 atom stereocenters. The summed E-state index contributed by atoms with van der Waals surface area (Å²) in [6.07, 6.45) is 1.87. The lowest BCUT2D eigenvalue weighted by Gasteiger charge is -2.38. The van der Waals surface area contributed by atoms with Crippen molar-refractivity contribution in [3.63, 3.8) is 0 Å². The second-order valence-corrected chi connectivity index (χ2v) is 7.72. The van der Waals surface area contributed by atoms with E-state index >= 15 is 0 Å². The number of likely N-dealkylation sites (tertiary alicyclic amines) is 2. The van der Waals surface area contributed by atoms with Gasteiger partial charge < -0.3 is 14.8 Å². The molecule has 2 saturated heterocycles. The van der Waals surface area contributed by atoms with Gasteiger partial charge in [-0.3, -0.25) is 14.4 Å². The number of aromatic amines is 1. The van der Waals surface area contributed by atoms with Gasteiger partial charge in [0.05, 0.1) is 11.6 Å². The first kappa shape index (κ1) is 17.6. The lowest BCUT2D eigenvalue weighted by Crippen LogP contribution is -2.49. The van der Waals surface area contributed by atoms with E-state index in [1.54, 1.807) is 24.9 Å². The summed E-state index contributed by atoms with van der Waals surface area (Å²) in [6, 6.07) is 1.56. The molecule has 2 aliphatic heterocycles. The van der Waals surface area contributed by atoms with Crippen molar-refractivity contribution >= 4 is 11.8 Å². The van der Waals surface area contributed by atoms with Gasteiger partial charge in [-0.25, -0.2) is 4.98 Å². The zero-order valence-electron chi connectivity index (χ0n) is 15.3. The normalized spacial score (nSPS) is 24.0. The minimum Gasteiger partial charge on any atom is -0.342 e. The molecule has 0 unspecified atom stereocenters. The molecule has 136 valence electrons. The van der Waals surface area contributed by atoms with E-state index in [2.05, 4.69) is 9.97 Å². The van der Waals surface area contributed by atoms with Crippen LogP contribution in [0, 0.1) is 12.8 Å². The third kappa shape index (κ3) is 3.19. The summed E-state index contributed by atoms with van der Waals surface area (Å²) in [6.45, 7) is 6.97. The van der Waals surface area contributed by atoms with Gasteiger partial charge >= 0.3 is 0 Å². The first-order valence-corrected chi connectivity index (χ1v) is 8.83. The highest BCUT2D eigenvalue weighted by Gasteiger charge is 2.49. The van der Waals surface area contributed by atoms with E-state index in [0.29, 0.717) is 18.9 Å². The van der Waals surface area contributed by atoms with Crippen LogP contribution in [0.3, 0.4) is 0 Å². The van der Waals surface area contributed by atoms with Crippen LogP contribution in [0.25, 0.3) is 0 Å². The Labute approximate surface area is 147 Å². The van der Waals surface area contributed by atoms with Crippen molar-refractivity contribution in [3.8, 4) is 0 Å². The maximum atomic E-state index is 12.9. The van der Waals surface area contributed by atoms with Crippen LogP contribution < -0.4 is 5.56 Å². The Kier molecular flexibility index (Phi) is 4.43. The van der Waals surface area contributed by atoms with E-state index < -0.39 is 5.54 Å². The summed E-state index contributed by atoms with van der Waals surface area (Å²) in [5.74, 6) is 0.625. The van der Waals surface area contributed by atoms with Crippen molar-refractivity contribution in [2.75, 3.05) is 20.1 Å². The molecule has 2 fully saturated rings. The van der Waals surface area contributed by atoms with Crippen LogP contribution in [0.1, 0.15) is 50.5 Å². The van der Waals surface area contributed by atoms with Crippen LogP contribution in [0.4, 0.5) is 0 Å². The molecule has 7 heteroatoms. The smallest absolute Gasteiger partial charge is 0.251 e. The number of carbonyl (C=O) groups is 2. The monoisotopic (exact) mass is 346 g/mol. The Morgan fingerprint density at radius 3 is 2.44 bits per heavy atom. The molecule has 0 spiro atoms. The SMILES string of the molecule is Cc1nc(C2CCN(C(=O)[C@H]3CC(=O)N(C)C3(C)C)CC2)cc(=O)[nH]1. The van der Waals surface area contributed by atoms with E-state index in [0.717, 1.165) is 18.5 Å². The molecule has 0 bridgehead atoms. The number of amides is 2. The van der Waals surface area contributed by atoms with Gasteiger partial charge in [-0.15, -0.1) is 0 Å². The van der Waals surface area contributed by atoms with E-state index in [9.17, 15) is 14.4 Å². The Balaban J connectivity index is 1.67. The fourth-order valence-corrected chi connectivity index (χ4v) is 3.93. The van der Waals surface area contributed by atoms with Crippen LogP contribution in [0.2, 0.25) is 0 Å². The molecule has 25 heavy (non-hydrogen) atoms. The number of carbonyl (C=O) groups excluding carboxylic acids is 2. The quantitative estimate of drug-likeness (QED) is 0.867. The number of hydrogen-bond donors (Lipinski definition) is 1. The molecular weight excluding hydrogens is 320 g/mol. The highest BCUT2D eigenvalue weighted by atomic mass is 16.2. The molecule has 3 heterocycles. The highest BCUT2D eigenvalue weighted by Crippen LogP contribution is 2.36. The van der Waals surface area contributed by atoms with Crippen LogP contribution in [0.15, 0.2) is 10.9 Å². The average Bonchev–Trinajstić information content (AvgIpc) is 2.76. The van der Waals surface area contributed by atoms with Crippen LogP contribution in [-0.2, 0) is 9.59 Å². The first-order chi connectivity index (χ1) is 11.7. The molecule has 1 N–H and O–H groups in total. The molecule has 0 radical (unpaired) electrons. The molecule has 2 amide bonds. The third-order valence-corrected chi connectivity index (χ3v) is 5.87. The van der Waals surface area contributed by atoms with E-state index in [-0.39, 0.29) is 35.6 Å². The predicted octanol–water partition coefficient (Wildman–Crippen LogP) is 1.04. The summed E-state index contributed by atoms with van der Waals surface area (Å²) < 4.78 is 0. The zero-order valence-corrected chi connectivity index (χ0v) is 15.3. The Hall–Kier alpha value is -2.18. The lowest BCUT2D eigenvalue weighted by molar-refractivity contribution is -0.138. The Morgan fingerprint density at radius 1 is 1.28 bits per heavy atom. The number of aryl methyl sites for hydroxylation is 1. The number of nitrogens with one attached hydrogen (secondary N) is 1. The fourth-order valence-electron chi connectivity index (χ4n) is 3.93. The van der Waals surface area contributed by atoms with Crippen LogP contribution >= 0.6 is 0 Å². The molecule has 3 rings (SSSR count). The second kappa shape index (κ2) is 6.28. The lowest BCUT2D eigenvalue weighted by atomic mass is 9.86. The van der Waals surface area contributed by atoms with Crippen LogP contribution in [-0.4, -0.2) is 57.3 Å². The van der Waals surface area contributed by atoms with Gasteiger partial charge in [-0.2, -0.15) is 0 Å². The van der Waals surface area contributed by atoms with Crippen molar-refractivity contribution in [1.82, 2.24) is 19.8 Å². The van der Waals surface area contributed by atoms with Gasteiger partial charge in [0, 0.05) is 44.1 Å². The van der Waals surface area contributed by atoms with Crippen molar-refractivity contribution in [3.05, 3.63) is 27.9 Å². The maximum Gasteiger partial charge on any atom is 0.251 e. The second-order valence-electron chi connectivity index (χ2n) is 7.72. The van der Waals surface area contributed by atoms with E-state index in [4.69, 9.17) is 0 Å². The summed E-state index contributed by atoms with van der Waals surface area (Å²) in [5.41, 5.74) is 0.232. The van der Waals surface area contributed by atoms with Crippen molar-refractivity contribution in [2.45, 2.75) is 51.5 Å². The number of rotatable bonds is 2. The van der Waals surface area contributed by atoms with Gasteiger partial charge in [0.2, 0.25) is 11.8 Å². The van der Waals surface area contributed by atoms with E-state index in [1.165, 1.54) is 0 Å². The minimum absolute atomic E-state index is 0.0291. The van der Waals surface area contributed by atoms with E-state index in [1.807, 2.05) is 18.7 Å². The first-order valence-electron chi connectivity index (χ1n) is 8.83. The molecule has 2 aliphatic rings. The number of H-pyrrole nitrogens is 1. The van der Waals surface area contributed by atoms with Crippen molar-refractivity contribution in [2.24, 2.45) is 5.92 Å². The third-order valence-electron chi connectivity index (χ3n) is 5.87. The number of aromatic nitrogens is 2. The van der Waals surface area contributed by atoms with Crippen molar-refractivity contribution in [1.29, 1.82) is 0 Å². The molecule has 0 saturated carbocycles. The zero-order chi connectivity index (χ0) is 18.4. The molecule has 1 aromatic rings. The molecule has 1 aromatic heterocycles. The van der Waals surface area contributed by atoms with Crippen LogP contribution in [0.5, 0.6) is 0 Å². The standard InChI is InChI=1S/C18H26N4O3/c1-11-19-14(10-15(23)20-11)12-5-7-22(8-6-12)17(25)13-9-16(24)21(4)18(13,2)3/h10,12-13H,5-9H2,1-4H3,(H,19,20,23)/t13-/m1/s1. The summed E-state index contributed by atoms with van der Waals surface area (Å²) in [7, 11) is 1.77. The molecule has 0 aromatic carbocycles. The molecule has 0 aliphatic carbocycles. The van der Waals surface area contributed by atoms with Gasteiger partial charge in [-0.1, -0.05) is 0 Å². The van der Waals surface area contributed by atoms with Gasteiger partial charge in [0.1, 0.15) is 5.82 Å². The minimum atomic E-state index is -0.448.